The Balaban J connectivity index is 2.13. The average Bonchev–Trinajstić information content (AvgIpc) is 2.33. The van der Waals surface area contributed by atoms with Gasteiger partial charge in [-0.3, -0.25) is 9.69 Å². The summed E-state index contributed by atoms with van der Waals surface area (Å²) in [5.74, 6) is -0.0249. The largest absolute Gasteiger partial charge is 0.480 e. The SMILES string of the molecule is CC(=O)N[C@@H](CSCCN1CCOCC1)C(=O)O. The minimum absolute atomic E-state index is 0.309. The van der Waals surface area contributed by atoms with Crippen LogP contribution in [0.15, 0.2) is 0 Å². The number of carbonyl (C=O) groups is 2. The Morgan fingerprint density at radius 2 is 2.11 bits per heavy atom. The van der Waals surface area contributed by atoms with Crippen molar-refractivity contribution in [3.8, 4) is 0 Å². The van der Waals surface area contributed by atoms with Gasteiger partial charge in [-0.1, -0.05) is 0 Å². The number of nitrogens with zero attached hydrogens (tertiary/aromatic N) is 1. The summed E-state index contributed by atoms with van der Waals surface area (Å²) in [5.41, 5.74) is 0. The van der Waals surface area contributed by atoms with Gasteiger partial charge in [-0.05, 0) is 0 Å². The van der Waals surface area contributed by atoms with Crippen molar-refractivity contribution in [3.63, 3.8) is 0 Å². The van der Waals surface area contributed by atoms with Crippen LogP contribution < -0.4 is 5.32 Å². The van der Waals surface area contributed by atoms with Gasteiger partial charge in [0.2, 0.25) is 5.91 Å². The predicted octanol–water partition coefficient (Wildman–Crippen LogP) is -0.359. The van der Waals surface area contributed by atoms with E-state index in [4.69, 9.17) is 9.84 Å². The van der Waals surface area contributed by atoms with Gasteiger partial charge in [-0.15, -0.1) is 0 Å². The van der Waals surface area contributed by atoms with E-state index >= 15 is 0 Å². The van der Waals surface area contributed by atoms with Gasteiger partial charge >= 0.3 is 5.97 Å². The Bertz CT molecular complexity index is 282. The third-order valence-corrected chi connectivity index (χ3v) is 3.66. The Morgan fingerprint density at radius 3 is 2.67 bits per heavy atom. The van der Waals surface area contributed by atoms with E-state index < -0.39 is 12.0 Å². The zero-order valence-corrected chi connectivity index (χ0v) is 11.4. The number of carbonyl (C=O) groups excluding carboxylic acids is 1. The number of thioether (sulfide) groups is 1. The highest BCUT2D eigenvalue weighted by Gasteiger charge is 2.18. The van der Waals surface area contributed by atoms with E-state index in [0.29, 0.717) is 5.75 Å². The van der Waals surface area contributed by atoms with Crippen LogP contribution in [0.5, 0.6) is 0 Å². The average molecular weight is 276 g/mol. The number of carboxylic acids is 1. The number of ether oxygens (including phenoxy) is 1. The summed E-state index contributed by atoms with van der Waals surface area (Å²) in [6, 6.07) is -0.794. The lowest BCUT2D eigenvalue weighted by Crippen LogP contribution is -2.42. The summed E-state index contributed by atoms with van der Waals surface area (Å²) < 4.78 is 5.25. The molecule has 1 atom stereocenters. The van der Waals surface area contributed by atoms with E-state index in [0.717, 1.165) is 38.6 Å². The maximum Gasteiger partial charge on any atom is 0.327 e. The monoisotopic (exact) mass is 276 g/mol. The number of rotatable bonds is 7. The molecule has 0 aromatic carbocycles. The van der Waals surface area contributed by atoms with Gasteiger partial charge in [0.15, 0.2) is 0 Å². The molecule has 1 saturated heterocycles. The van der Waals surface area contributed by atoms with Crippen LogP contribution in [0.4, 0.5) is 0 Å². The standard InChI is InChI=1S/C11H20N2O4S/c1-9(14)12-10(11(15)16)8-18-7-4-13-2-5-17-6-3-13/h10H,2-8H2,1H3,(H,12,14)(H,15,16)/t10-/m0/s1. The Labute approximate surface area is 111 Å². The molecule has 1 fully saturated rings. The van der Waals surface area contributed by atoms with Crippen molar-refractivity contribution < 1.29 is 19.4 Å². The van der Waals surface area contributed by atoms with Crippen molar-refractivity contribution in [1.29, 1.82) is 0 Å². The number of hydrogen-bond donors (Lipinski definition) is 2. The summed E-state index contributed by atoms with van der Waals surface area (Å²) in [6.45, 7) is 5.68. The van der Waals surface area contributed by atoms with Gasteiger partial charge in [0.1, 0.15) is 6.04 Å². The van der Waals surface area contributed by atoms with Crippen molar-refractivity contribution in [2.24, 2.45) is 0 Å². The molecule has 0 aromatic heterocycles. The molecule has 18 heavy (non-hydrogen) atoms. The van der Waals surface area contributed by atoms with Crippen LogP contribution in [0.2, 0.25) is 0 Å². The van der Waals surface area contributed by atoms with Crippen molar-refractivity contribution in [2.75, 3.05) is 44.4 Å². The van der Waals surface area contributed by atoms with E-state index in [1.807, 2.05) is 0 Å². The number of amides is 1. The molecule has 0 bridgehead atoms. The number of hydrogen-bond acceptors (Lipinski definition) is 5. The Kier molecular flexibility index (Phi) is 7.07. The van der Waals surface area contributed by atoms with Crippen LogP contribution in [0, 0.1) is 0 Å². The number of aliphatic carboxylic acids is 1. The molecule has 1 rings (SSSR count). The summed E-state index contributed by atoms with van der Waals surface area (Å²) >= 11 is 1.55. The highest BCUT2D eigenvalue weighted by atomic mass is 32.2. The first-order valence-electron chi connectivity index (χ1n) is 5.97. The van der Waals surface area contributed by atoms with Crippen molar-refractivity contribution in [1.82, 2.24) is 10.2 Å². The van der Waals surface area contributed by atoms with Gasteiger partial charge in [0.05, 0.1) is 13.2 Å². The minimum Gasteiger partial charge on any atom is -0.480 e. The number of carboxylic acid groups (broad SMARTS) is 1. The lowest BCUT2D eigenvalue weighted by atomic mass is 10.3. The van der Waals surface area contributed by atoms with E-state index in [9.17, 15) is 9.59 Å². The summed E-state index contributed by atoms with van der Waals surface area (Å²) in [7, 11) is 0. The molecule has 1 aliphatic rings. The van der Waals surface area contributed by atoms with E-state index in [1.165, 1.54) is 6.92 Å². The molecule has 0 unspecified atom stereocenters. The topological polar surface area (TPSA) is 78.9 Å². The normalized spacial score (nSPS) is 18.3. The molecule has 0 aliphatic carbocycles. The third-order valence-electron chi connectivity index (χ3n) is 2.62. The van der Waals surface area contributed by atoms with Gasteiger partial charge in [-0.25, -0.2) is 4.79 Å². The van der Waals surface area contributed by atoms with Gasteiger partial charge < -0.3 is 15.2 Å². The third kappa shape index (κ3) is 6.23. The molecule has 104 valence electrons. The van der Waals surface area contributed by atoms with Gasteiger partial charge in [0.25, 0.3) is 0 Å². The van der Waals surface area contributed by atoms with E-state index in [2.05, 4.69) is 10.2 Å². The number of nitrogens with one attached hydrogen (secondary N) is 1. The molecule has 1 aliphatic heterocycles. The number of morpholine rings is 1. The molecular formula is C11H20N2O4S. The molecule has 2 N–H and O–H groups in total. The lowest BCUT2D eigenvalue weighted by Gasteiger charge is -2.26. The van der Waals surface area contributed by atoms with Crippen LogP contribution >= 0.6 is 11.8 Å². The summed E-state index contributed by atoms with van der Waals surface area (Å²) in [4.78, 5) is 24.0. The zero-order chi connectivity index (χ0) is 13.4. The molecule has 0 saturated carbocycles. The predicted molar refractivity (Wildman–Crippen MR) is 69.8 cm³/mol. The Morgan fingerprint density at radius 1 is 1.44 bits per heavy atom. The van der Waals surface area contributed by atoms with Crippen LogP contribution in [-0.2, 0) is 14.3 Å². The molecule has 7 heteroatoms. The lowest BCUT2D eigenvalue weighted by molar-refractivity contribution is -0.140. The fourth-order valence-corrected chi connectivity index (χ4v) is 2.66. The van der Waals surface area contributed by atoms with Crippen molar-refractivity contribution in [2.45, 2.75) is 13.0 Å². The smallest absolute Gasteiger partial charge is 0.327 e. The maximum atomic E-state index is 10.9. The van der Waals surface area contributed by atoms with Crippen LogP contribution in [0.25, 0.3) is 0 Å². The minimum atomic E-state index is -0.982. The zero-order valence-electron chi connectivity index (χ0n) is 10.6. The molecule has 0 radical (unpaired) electrons. The second kappa shape index (κ2) is 8.34. The second-order valence-corrected chi connectivity index (χ2v) is 5.27. The molecule has 1 heterocycles. The Hall–Kier alpha value is -0.790. The molecule has 1 amide bonds. The summed E-state index contributed by atoms with van der Waals surface area (Å²) in [5, 5.41) is 11.3. The first-order chi connectivity index (χ1) is 8.59. The molecule has 0 aromatic rings. The fraction of sp³-hybridized carbons (Fsp3) is 0.818. The summed E-state index contributed by atoms with van der Waals surface area (Å²) in [6.07, 6.45) is 0. The molecule has 0 spiro atoms. The van der Waals surface area contributed by atoms with E-state index in [1.54, 1.807) is 11.8 Å². The van der Waals surface area contributed by atoms with Crippen LogP contribution in [0.3, 0.4) is 0 Å². The van der Waals surface area contributed by atoms with Crippen molar-refractivity contribution >= 4 is 23.6 Å². The van der Waals surface area contributed by atoms with E-state index in [-0.39, 0.29) is 5.91 Å². The highest BCUT2D eigenvalue weighted by Crippen LogP contribution is 2.06. The van der Waals surface area contributed by atoms with Crippen molar-refractivity contribution in [3.05, 3.63) is 0 Å². The van der Waals surface area contributed by atoms with Crippen LogP contribution in [0.1, 0.15) is 6.92 Å². The molecule has 6 nitrogen and oxygen atoms in total. The molecular weight excluding hydrogens is 256 g/mol. The van der Waals surface area contributed by atoms with Crippen LogP contribution in [-0.4, -0.2) is 72.3 Å². The maximum absolute atomic E-state index is 10.9. The first-order valence-corrected chi connectivity index (χ1v) is 7.13. The van der Waals surface area contributed by atoms with Gasteiger partial charge in [-0.2, -0.15) is 11.8 Å². The second-order valence-electron chi connectivity index (χ2n) is 4.12. The fourth-order valence-electron chi connectivity index (χ4n) is 1.64. The highest BCUT2D eigenvalue weighted by molar-refractivity contribution is 7.99. The van der Waals surface area contributed by atoms with Gasteiger partial charge in [0, 0.05) is 38.1 Å². The quantitative estimate of drug-likeness (QED) is 0.618. The first kappa shape index (κ1) is 15.3.